The summed E-state index contributed by atoms with van der Waals surface area (Å²) < 4.78 is 22.1. The lowest BCUT2D eigenvalue weighted by Gasteiger charge is -2.34. The van der Waals surface area contributed by atoms with Gasteiger partial charge in [-0.05, 0) is 55.0 Å². The van der Waals surface area contributed by atoms with Gasteiger partial charge in [0.25, 0.3) is 0 Å². The van der Waals surface area contributed by atoms with Gasteiger partial charge in [0.05, 0.1) is 23.9 Å². The molecule has 0 bridgehead atoms. The molecule has 1 amide bonds. The smallest absolute Gasteiger partial charge is 0.240 e. The number of carbonyl (C=O) groups is 1. The van der Waals surface area contributed by atoms with E-state index in [1.54, 1.807) is 19.2 Å². The zero-order chi connectivity index (χ0) is 20.5. The zero-order valence-corrected chi connectivity index (χ0v) is 18.2. The van der Waals surface area contributed by atoms with Crippen molar-refractivity contribution >= 4 is 39.3 Å². The topological polar surface area (TPSA) is 55.3 Å². The van der Waals surface area contributed by atoms with Crippen molar-refractivity contribution < 1.29 is 13.9 Å². The van der Waals surface area contributed by atoms with E-state index in [9.17, 15) is 9.18 Å². The van der Waals surface area contributed by atoms with Gasteiger partial charge in [-0.25, -0.2) is 4.39 Å². The first-order chi connectivity index (χ1) is 14.0. The number of carbonyl (C=O) groups excluding carboxylic acids is 1. The maximum Gasteiger partial charge on any atom is 0.240 e. The van der Waals surface area contributed by atoms with Crippen LogP contribution in [0.3, 0.4) is 0 Å². The largest absolute Gasteiger partial charge is 0.497 e. The fourth-order valence-electron chi connectivity index (χ4n) is 3.24. The van der Waals surface area contributed by atoms with Crippen molar-refractivity contribution in [3.63, 3.8) is 0 Å². The average Bonchev–Trinajstić information content (AvgIpc) is 3.09. The van der Waals surface area contributed by atoms with Crippen LogP contribution in [-0.2, 0) is 4.79 Å². The number of nitrogens with zero attached hydrogens (tertiary/aromatic N) is 1. The van der Waals surface area contributed by atoms with E-state index in [0.717, 1.165) is 22.0 Å². The number of halogens is 2. The third-order valence-corrected chi connectivity index (χ3v) is 6.57. The van der Waals surface area contributed by atoms with E-state index in [1.165, 1.54) is 17.8 Å². The molecule has 4 rings (SSSR count). The van der Waals surface area contributed by atoms with E-state index in [-0.39, 0.29) is 17.6 Å². The summed E-state index contributed by atoms with van der Waals surface area (Å²) in [6.45, 7) is 2.00. The Morgan fingerprint density at radius 3 is 2.66 bits per heavy atom. The normalized spacial score (nSPS) is 17.9. The second-order valence-electron chi connectivity index (χ2n) is 6.68. The summed E-state index contributed by atoms with van der Waals surface area (Å²) in [5.41, 5.74) is 5.57. The number of rotatable bonds is 4. The van der Waals surface area contributed by atoms with Crippen molar-refractivity contribution in [2.45, 2.75) is 23.2 Å². The summed E-state index contributed by atoms with van der Waals surface area (Å²) in [7, 11) is 1.61. The Hall–Kier alpha value is -2.45. The van der Waals surface area contributed by atoms with Crippen LogP contribution in [0, 0.1) is 12.7 Å². The van der Waals surface area contributed by atoms with Crippen LogP contribution in [0.2, 0.25) is 0 Å². The van der Waals surface area contributed by atoms with Crippen LogP contribution in [0.1, 0.15) is 17.3 Å². The van der Waals surface area contributed by atoms with E-state index in [1.807, 2.05) is 48.0 Å². The lowest BCUT2D eigenvalue weighted by atomic mass is 10.0. The number of ether oxygens (including phenoxy) is 1. The summed E-state index contributed by atoms with van der Waals surface area (Å²) in [5.74, 6) is -0.00987. The highest BCUT2D eigenvalue weighted by molar-refractivity contribution is 9.10. The summed E-state index contributed by atoms with van der Waals surface area (Å²) in [6, 6.07) is 15.8. The van der Waals surface area contributed by atoms with Crippen LogP contribution in [0.5, 0.6) is 5.75 Å². The maximum absolute atomic E-state index is 14.2. The number of fused-ring (bicyclic) bond motifs is 1. The van der Waals surface area contributed by atoms with Gasteiger partial charge in [0.15, 0.2) is 0 Å². The number of hydrogen-bond donors (Lipinski definition) is 2. The molecule has 29 heavy (non-hydrogen) atoms. The second-order valence-corrected chi connectivity index (χ2v) is 8.76. The molecule has 3 aromatic rings. The van der Waals surface area contributed by atoms with Gasteiger partial charge in [0, 0.05) is 10.2 Å². The molecule has 2 N–H and O–H groups in total. The molecule has 1 aromatic heterocycles. The van der Waals surface area contributed by atoms with Gasteiger partial charge in [-0.2, -0.15) is 0 Å². The van der Waals surface area contributed by atoms with Gasteiger partial charge in [-0.1, -0.05) is 39.8 Å². The van der Waals surface area contributed by atoms with Gasteiger partial charge < -0.3 is 15.5 Å². The number of thioether (sulfide) groups is 1. The van der Waals surface area contributed by atoms with Gasteiger partial charge in [0.2, 0.25) is 5.91 Å². The Bertz CT molecular complexity index is 1050. The number of benzene rings is 2. The molecule has 2 aromatic carbocycles. The van der Waals surface area contributed by atoms with Crippen LogP contribution in [0.25, 0.3) is 0 Å². The van der Waals surface area contributed by atoms with E-state index < -0.39 is 11.1 Å². The van der Waals surface area contributed by atoms with Gasteiger partial charge in [0.1, 0.15) is 16.8 Å². The molecule has 5 nitrogen and oxygen atoms in total. The highest BCUT2D eigenvalue weighted by atomic mass is 79.9. The first-order valence-electron chi connectivity index (χ1n) is 8.97. The molecule has 0 saturated heterocycles. The summed E-state index contributed by atoms with van der Waals surface area (Å²) in [5, 5.41) is 3.18. The average molecular weight is 476 g/mol. The number of methoxy groups -OCH3 is 1. The number of amides is 1. The molecule has 0 saturated carbocycles. The van der Waals surface area contributed by atoms with Crippen LogP contribution >= 0.6 is 27.7 Å². The minimum atomic E-state index is -0.492. The lowest BCUT2D eigenvalue weighted by molar-refractivity contribution is -0.116. The fraction of sp³-hybridized carbons (Fsp3) is 0.190. The quantitative estimate of drug-likeness (QED) is 0.550. The highest BCUT2D eigenvalue weighted by Gasteiger charge is 2.36. The van der Waals surface area contributed by atoms with Crippen molar-refractivity contribution in [1.29, 1.82) is 0 Å². The minimum Gasteiger partial charge on any atom is -0.497 e. The molecule has 0 fully saturated rings. The molecular weight excluding hydrogens is 457 g/mol. The molecule has 8 heteroatoms. The van der Waals surface area contributed by atoms with Crippen molar-refractivity contribution in [2.75, 3.05) is 17.9 Å². The highest BCUT2D eigenvalue weighted by Crippen LogP contribution is 2.39. The van der Waals surface area contributed by atoms with E-state index in [2.05, 4.69) is 26.7 Å². The summed E-state index contributed by atoms with van der Waals surface area (Å²) in [6.07, 6.45) is 0. The van der Waals surface area contributed by atoms with Gasteiger partial charge in [-0.15, -0.1) is 0 Å². The molecular formula is C21H19BrFN3O2S. The molecule has 0 unspecified atom stereocenters. The molecule has 0 radical (unpaired) electrons. The molecule has 2 atom stereocenters. The zero-order valence-electron chi connectivity index (χ0n) is 15.8. The van der Waals surface area contributed by atoms with Crippen LogP contribution < -0.4 is 15.5 Å². The van der Waals surface area contributed by atoms with Crippen LogP contribution in [-0.4, -0.2) is 22.9 Å². The fourth-order valence-corrected chi connectivity index (χ4v) is 4.80. The second kappa shape index (κ2) is 8.12. The number of anilines is 1. The predicted octanol–water partition coefficient (Wildman–Crippen LogP) is 5.10. The number of hydrogen-bond acceptors (Lipinski definition) is 4. The third-order valence-electron chi connectivity index (χ3n) is 4.78. The molecule has 150 valence electrons. The number of aromatic nitrogens is 1. The Morgan fingerprint density at radius 2 is 1.97 bits per heavy atom. The Labute approximate surface area is 180 Å². The molecule has 1 aliphatic rings. The Morgan fingerprint density at radius 1 is 1.21 bits per heavy atom. The van der Waals surface area contributed by atoms with Crippen molar-refractivity contribution in [3.05, 3.63) is 76.1 Å². The third kappa shape index (κ3) is 4.00. The summed E-state index contributed by atoms with van der Waals surface area (Å²) in [4.78, 5) is 13.1. The first kappa shape index (κ1) is 19.8. The standard InChI is InChI=1S/C21H19BrFN3O2S/c1-12-3-10-18-26(12)25-19(13-4-7-15(28-2)8-5-13)20(29-18)21(27)24-17-9-6-14(22)11-16(17)23/h3-11,19-20,25H,1-2H3,(H,24,27)/t19-,20+/m0/s1. The van der Waals surface area contributed by atoms with E-state index >= 15 is 0 Å². The maximum atomic E-state index is 14.2. The Balaban J connectivity index is 1.66. The van der Waals surface area contributed by atoms with Gasteiger partial charge >= 0.3 is 0 Å². The molecule has 0 aliphatic carbocycles. The Kier molecular flexibility index (Phi) is 5.56. The van der Waals surface area contributed by atoms with Crippen molar-refractivity contribution in [3.8, 4) is 5.75 Å². The van der Waals surface area contributed by atoms with Crippen LogP contribution in [0.4, 0.5) is 10.1 Å². The number of aryl methyl sites for hydroxylation is 1. The summed E-state index contributed by atoms with van der Waals surface area (Å²) >= 11 is 4.68. The molecule has 2 heterocycles. The number of nitrogens with one attached hydrogen (secondary N) is 2. The monoisotopic (exact) mass is 475 g/mol. The predicted molar refractivity (Wildman–Crippen MR) is 117 cm³/mol. The van der Waals surface area contributed by atoms with Crippen LogP contribution in [0.15, 0.2) is 64.1 Å². The minimum absolute atomic E-state index is 0.157. The molecule has 1 aliphatic heterocycles. The lowest BCUT2D eigenvalue weighted by Crippen LogP contribution is -2.41. The van der Waals surface area contributed by atoms with E-state index in [0.29, 0.717) is 4.47 Å². The SMILES string of the molecule is COc1ccc([C@@H]2Nn3c(C)ccc3S[C@H]2C(=O)Nc2ccc(Br)cc2F)cc1. The first-order valence-corrected chi connectivity index (χ1v) is 10.6. The van der Waals surface area contributed by atoms with Crippen molar-refractivity contribution in [2.24, 2.45) is 0 Å². The van der Waals surface area contributed by atoms with Crippen molar-refractivity contribution in [1.82, 2.24) is 4.68 Å². The van der Waals surface area contributed by atoms with E-state index in [4.69, 9.17) is 4.74 Å². The van der Waals surface area contributed by atoms with Gasteiger partial charge in [-0.3, -0.25) is 9.47 Å². The molecule has 0 spiro atoms.